The van der Waals surface area contributed by atoms with Crippen molar-refractivity contribution in [3.8, 4) is 39.1 Å². The minimum Gasteiger partial charge on any atom is -0.310 e. The minimum absolute atomic E-state index is 0.102. The molecule has 0 N–H and O–H groups in total. The first-order valence-corrected chi connectivity index (χ1v) is 25.2. The van der Waals surface area contributed by atoms with Crippen LogP contribution in [0.1, 0.15) is 76.0 Å². The number of hydrogen-bond donors (Lipinski definition) is 0. The van der Waals surface area contributed by atoms with Gasteiger partial charge < -0.3 is 9.47 Å². The molecule has 3 unspecified atom stereocenters. The minimum atomic E-state index is -0.102. The highest BCUT2D eigenvalue weighted by Gasteiger charge is 2.48. The summed E-state index contributed by atoms with van der Waals surface area (Å²) in [5.41, 5.74) is 18.8. The highest BCUT2D eigenvalue weighted by atomic mass is 15.1. The van der Waals surface area contributed by atoms with Crippen molar-refractivity contribution in [1.82, 2.24) is 4.57 Å². The molecule has 3 aliphatic carbocycles. The van der Waals surface area contributed by atoms with Gasteiger partial charge in [-0.05, 0) is 170 Å². The molecule has 1 aromatic heterocycles. The molecule has 13 rings (SSSR count). The molecule has 2 heteroatoms. The predicted octanol–water partition coefficient (Wildman–Crippen LogP) is 18.2. The maximum Gasteiger partial charge on any atom is 0.0547 e. The highest BCUT2D eigenvalue weighted by molar-refractivity contribution is 6.21. The number of anilines is 3. The van der Waals surface area contributed by atoms with E-state index >= 15 is 0 Å². The summed E-state index contributed by atoms with van der Waals surface area (Å²) < 4.78 is 2.43. The van der Waals surface area contributed by atoms with Crippen LogP contribution < -0.4 is 4.90 Å². The zero-order valence-electron chi connectivity index (χ0n) is 39.7. The lowest BCUT2D eigenvalue weighted by molar-refractivity contribution is -0.000755. The van der Waals surface area contributed by atoms with Crippen LogP contribution in [0.15, 0.2) is 200 Å². The molecule has 0 aliphatic heterocycles. The Morgan fingerprint density at radius 3 is 1.91 bits per heavy atom. The fourth-order valence-corrected chi connectivity index (χ4v) is 13.4. The summed E-state index contributed by atoms with van der Waals surface area (Å²) in [6.45, 7) is 9.63. The SMILES string of the molecule is CCC1C[C@H](C)CC2C(c3ccc(-c4ccc(N(c5ccc(-c6cccc(-n7c8ccccc8c8c9ccccc9ccc87)c6)cc5)c5ccc6c(c5)C(C)(C)c5ccccc5-6)cc4)cc3)C[C@@H]12. The largest absolute Gasteiger partial charge is 0.310 e. The second kappa shape index (κ2) is 16.0. The molecule has 5 atom stereocenters. The van der Waals surface area contributed by atoms with E-state index in [4.69, 9.17) is 0 Å². The van der Waals surface area contributed by atoms with E-state index < -0.39 is 0 Å². The molecule has 0 bridgehead atoms. The number of benzene rings is 9. The summed E-state index contributed by atoms with van der Waals surface area (Å²) in [4.78, 5) is 2.44. The van der Waals surface area contributed by atoms with E-state index in [2.05, 4.69) is 237 Å². The number of nitrogens with zero attached hydrogens (tertiary/aromatic N) is 2. The standard InChI is InChI=1S/C66H58N2/c1-5-43-37-42(2)38-60-58(43)41-59(60)48-23-21-44(22-24-48)45-25-30-50(31-26-45)67(53-34-35-56-55-17-8-10-19-61(55)66(3,4)62(56)40-53)51-32-27-46(28-33-51)49-14-12-15-52(39-49)68-63-20-11-9-18-57(63)65-54-16-7-6-13-47(54)29-36-64(65)68/h6-36,39-40,42-43,58-60H,5,37-38,41H2,1-4H3/t42-,43?,58-,59?,60?/m0/s1. The summed E-state index contributed by atoms with van der Waals surface area (Å²) in [5.74, 6) is 4.31. The average molecular weight is 879 g/mol. The van der Waals surface area contributed by atoms with E-state index in [1.165, 1.54) is 103 Å². The molecule has 0 spiro atoms. The van der Waals surface area contributed by atoms with E-state index in [0.717, 1.165) is 52.3 Å². The molecule has 2 fully saturated rings. The maximum atomic E-state index is 2.48. The Balaban J connectivity index is 0.846. The molecule has 9 aromatic carbocycles. The van der Waals surface area contributed by atoms with E-state index in [1.807, 2.05) is 0 Å². The van der Waals surface area contributed by atoms with Gasteiger partial charge in [-0.3, -0.25) is 0 Å². The Labute approximate surface area is 401 Å². The number of hydrogen-bond acceptors (Lipinski definition) is 1. The molecule has 0 amide bonds. The third-order valence-electron chi connectivity index (χ3n) is 16.9. The van der Waals surface area contributed by atoms with Gasteiger partial charge in [-0.15, -0.1) is 0 Å². The lowest BCUT2D eigenvalue weighted by Gasteiger charge is -2.54. The summed E-state index contributed by atoms with van der Waals surface area (Å²) in [6.07, 6.45) is 5.54. The third-order valence-corrected chi connectivity index (χ3v) is 16.9. The van der Waals surface area contributed by atoms with Crippen molar-refractivity contribution in [2.24, 2.45) is 23.7 Å². The Kier molecular flexibility index (Phi) is 9.65. The zero-order chi connectivity index (χ0) is 45.7. The van der Waals surface area contributed by atoms with Crippen LogP contribution in [-0.4, -0.2) is 4.57 Å². The molecule has 2 saturated carbocycles. The van der Waals surface area contributed by atoms with Crippen LogP contribution in [0.2, 0.25) is 0 Å². The normalized spacial score (nSPS) is 20.2. The molecule has 0 saturated heterocycles. The van der Waals surface area contributed by atoms with Gasteiger partial charge in [0.15, 0.2) is 0 Å². The van der Waals surface area contributed by atoms with E-state index in [9.17, 15) is 0 Å². The lowest BCUT2D eigenvalue weighted by Crippen LogP contribution is -2.44. The monoisotopic (exact) mass is 878 g/mol. The Morgan fingerprint density at radius 2 is 1.15 bits per heavy atom. The van der Waals surface area contributed by atoms with Crippen LogP contribution >= 0.6 is 0 Å². The maximum absolute atomic E-state index is 2.48. The summed E-state index contributed by atoms with van der Waals surface area (Å²) >= 11 is 0. The van der Waals surface area contributed by atoms with Crippen molar-refractivity contribution >= 4 is 49.6 Å². The van der Waals surface area contributed by atoms with Crippen molar-refractivity contribution in [3.05, 3.63) is 217 Å². The second-order valence-corrected chi connectivity index (χ2v) is 21.0. The van der Waals surface area contributed by atoms with Gasteiger partial charge in [0.1, 0.15) is 0 Å². The number of rotatable bonds is 8. The van der Waals surface area contributed by atoms with Gasteiger partial charge >= 0.3 is 0 Å². The molecule has 332 valence electrons. The average Bonchev–Trinajstić information content (AvgIpc) is 3.84. The van der Waals surface area contributed by atoms with Crippen molar-refractivity contribution in [3.63, 3.8) is 0 Å². The van der Waals surface area contributed by atoms with Crippen molar-refractivity contribution in [1.29, 1.82) is 0 Å². The Morgan fingerprint density at radius 1 is 0.500 bits per heavy atom. The predicted molar refractivity (Wildman–Crippen MR) is 288 cm³/mol. The lowest BCUT2D eigenvalue weighted by atomic mass is 9.51. The quantitative estimate of drug-likeness (QED) is 0.148. The molecule has 10 aromatic rings. The van der Waals surface area contributed by atoms with Gasteiger partial charge in [0.05, 0.1) is 11.0 Å². The zero-order valence-corrected chi connectivity index (χ0v) is 39.7. The number of para-hydroxylation sites is 1. The summed E-state index contributed by atoms with van der Waals surface area (Å²) in [6, 6.07) is 75.3. The van der Waals surface area contributed by atoms with Gasteiger partial charge in [0, 0.05) is 38.9 Å². The number of fused-ring (bicyclic) bond motifs is 9. The van der Waals surface area contributed by atoms with Crippen LogP contribution in [0.5, 0.6) is 0 Å². The van der Waals surface area contributed by atoms with Crippen molar-refractivity contribution in [2.45, 2.75) is 64.7 Å². The van der Waals surface area contributed by atoms with Gasteiger partial charge in [-0.2, -0.15) is 0 Å². The molecular weight excluding hydrogens is 821 g/mol. The van der Waals surface area contributed by atoms with Gasteiger partial charge in [0.25, 0.3) is 0 Å². The van der Waals surface area contributed by atoms with E-state index in [0.29, 0.717) is 0 Å². The molecule has 0 radical (unpaired) electrons. The molecule has 1 heterocycles. The summed E-state index contributed by atoms with van der Waals surface area (Å²) in [5, 5.41) is 5.14. The highest BCUT2D eigenvalue weighted by Crippen LogP contribution is 2.58. The molecule has 68 heavy (non-hydrogen) atoms. The first-order chi connectivity index (χ1) is 33.3. The molecule has 2 nitrogen and oxygen atoms in total. The number of aromatic nitrogens is 1. The first-order valence-electron chi connectivity index (χ1n) is 25.2. The summed E-state index contributed by atoms with van der Waals surface area (Å²) in [7, 11) is 0. The van der Waals surface area contributed by atoms with Crippen molar-refractivity contribution < 1.29 is 0 Å². The van der Waals surface area contributed by atoms with Gasteiger partial charge in [-0.25, -0.2) is 0 Å². The second-order valence-electron chi connectivity index (χ2n) is 21.0. The van der Waals surface area contributed by atoms with E-state index in [1.54, 1.807) is 5.56 Å². The smallest absolute Gasteiger partial charge is 0.0547 e. The third kappa shape index (κ3) is 6.51. The van der Waals surface area contributed by atoms with Crippen LogP contribution in [0.25, 0.3) is 71.6 Å². The van der Waals surface area contributed by atoms with Crippen LogP contribution in [0.3, 0.4) is 0 Å². The van der Waals surface area contributed by atoms with Crippen LogP contribution in [0.4, 0.5) is 17.1 Å². The first kappa shape index (κ1) is 41.1. The van der Waals surface area contributed by atoms with Crippen LogP contribution in [-0.2, 0) is 5.41 Å². The van der Waals surface area contributed by atoms with Gasteiger partial charge in [0.2, 0.25) is 0 Å². The topological polar surface area (TPSA) is 8.17 Å². The van der Waals surface area contributed by atoms with Crippen LogP contribution in [0, 0.1) is 23.7 Å². The van der Waals surface area contributed by atoms with Gasteiger partial charge in [-0.1, -0.05) is 174 Å². The Bertz CT molecular complexity index is 3540. The Hall–Kier alpha value is -7.16. The van der Waals surface area contributed by atoms with Crippen molar-refractivity contribution in [2.75, 3.05) is 4.90 Å². The van der Waals surface area contributed by atoms with E-state index in [-0.39, 0.29) is 5.41 Å². The fraction of sp³-hybridized carbons (Fsp3) is 0.212. The molecular formula is C66H58N2. The fourth-order valence-electron chi connectivity index (χ4n) is 13.4. The molecule has 3 aliphatic rings.